The van der Waals surface area contributed by atoms with Gasteiger partial charge in [0.2, 0.25) is 8.32 Å². The first-order valence-electron chi connectivity index (χ1n) is 13.0. The lowest BCUT2D eigenvalue weighted by Crippen LogP contribution is -2.51. The molecule has 1 aliphatic carbocycles. The van der Waals surface area contributed by atoms with Crippen LogP contribution in [0.2, 0.25) is 34.8 Å². The molecule has 0 aromatic carbocycles. The normalized spacial score (nSPS) is 22.1. The lowest BCUT2D eigenvalue weighted by atomic mass is 10.1. The molecule has 0 radical (unpaired) electrons. The maximum Gasteiger partial charge on any atom is 0.200 e. The van der Waals surface area contributed by atoms with Gasteiger partial charge in [0.25, 0.3) is 0 Å². The molecule has 8 heteroatoms. The minimum atomic E-state index is -2.04. The number of nitrogens with zero attached hydrogens (tertiary/aromatic N) is 2. The molecule has 0 bridgehead atoms. The molecule has 0 unspecified atom stereocenters. The van der Waals surface area contributed by atoms with Gasteiger partial charge in [-0.3, -0.25) is 4.79 Å². The second-order valence-corrected chi connectivity index (χ2v) is 22.8. The van der Waals surface area contributed by atoms with Crippen molar-refractivity contribution in [3.8, 4) is 0 Å². The lowest BCUT2D eigenvalue weighted by Gasteiger charge is -2.45. The van der Waals surface area contributed by atoms with Crippen LogP contribution in [0.15, 0.2) is 12.5 Å². The number of rotatable bonds is 11. The number of aromatic nitrogens is 2. The van der Waals surface area contributed by atoms with Gasteiger partial charge in [-0.05, 0) is 47.6 Å². The Bertz CT molecular complexity index is 787. The van der Waals surface area contributed by atoms with Gasteiger partial charge in [0, 0.05) is 24.8 Å². The highest BCUT2D eigenvalue weighted by molar-refractivity contribution is 6.77. The van der Waals surface area contributed by atoms with Crippen molar-refractivity contribution in [1.82, 2.24) is 9.97 Å². The summed E-state index contributed by atoms with van der Waals surface area (Å²) >= 11 is 0. The van der Waals surface area contributed by atoms with Gasteiger partial charge in [0.05, 0.1) is 11.7 Å². The second kappa shape index (κ2) is 11.3. The van der Waals surface area contributed by atoms with Crippen molar-refractivity contribution < 1.29 is 13.6 Å². The highest BCUT2D eigenvalue weighted by Crippen LogP contribution is 2.46. The first kappa shape index (κ1) is 29.1. The van der Waals surface area contributed by atoms with Crippen molar-refractivity contribution in [2.75, 3.05) is 11.9 Å². The summed E-state index contributed by atoms with van der Waals surface area (Å²) < 4.78 is 14.0. The Kier molecular flexibility index (Phi) is 9.69. The van der Waals surface area contributed by atoms with Crippen LogP contribution in [0.3, 0.4) is 0 Å². The Balaban J connectivity index is 2.31. The molecular formula is C26H49N3O3Si2. The molecule has 1 aromatic heterocycles. The monoisotopic (exact) mass is 507 g/mol. The van der Waals surface area contributed by atoms with E-state index in [1.165, 1.54) is 6.33 Å². The number of hydrogen-bond acceptors (Lipinski definition) is 6. The van der Waals surface area contributed by atoms with E-state index in [0.29, 0.717) is 33.9 Å². The van der Waals surface area contributed by atoms with Crippen molar-refractivity contribution in [2.45, 2.75) is 122 Å². The number of nitrogens with one attached hydrogen (secondary N) is 1. The average Bonchev–Trinajstić information content (AvgIpc) is 3.10. The molecule has 1 aliphatic rings. The first-order valence-corrected chi connectivity index (χ1v) is 18.0. The zero-order valence-electron chi connectivity index (χ0n) is 23.4. The van der Waals surface area contributed by atoms with Crippen LogP contribution in [0.25, 0.3) is 0 Å². The lowest BCUT2D eigenvalue weighted by molar-refractivity contribution is 0.0971. The Morgan fingerprint density at radius 3 is 2.18 bits per heavy atom. The van der Waals surface area contributed by atoms with E-state index >= 15 is 0 Å². The second-order valence-electron chi connectivity index (χ2n) is 12.6. The smallest absolute Gasteiger partial charge is 0.200 e. The van der Waals surface area contributed by atoms with Crippen molar-refractivity contribution in [1.29, 1.82) is 0 Å². The standard InChI is InChI=1S/C26H49N3O3Si2/c1-18(2)34(19(3)4,20(5)6)32-24-13-23(29-25-22(15-30)14-27-17-28-25)12-21(24)16-31-33(10,11)26(7,8)9/h14-15,17-21,23-24H,12-13,16H2,1-11H3,(H,27,28,29)/t21-,23-,24-/m1/s1. The molecular weight excluding hydrogens is 458 g/mol. The van der Waals surface area contributed by atoms with E-state index in [2.05, 4.69) is 90.7 Å². The molecule has 6 nitrogen and oxygen atoms in total. The van der Waals surface area contributed by atoms with Crippen LogP contribution in [0, 0.1) is 5.92 Å². The van der Waals surface area contributed by atoms with E-state index in [1.54, 1.807) is 6.20 Å². The van der Waals surface area contributed by atoms with Gasteiger partial charge in [-0.25, -0.2) is 9.97 Å². The van der Waals surface area contributed by atoms with E-state index in [4.69, 9.17) is 8.85 Å². The van der Waals surface area contributed by atoms with Gasteiger partial charge in [-0.15, -0.1) is 0 Å². The average molecular weight is 508 g/mol. The van der Waals surface area contributed by atoms with Gasteiger partial charge in [-0.2, -0.15) is 0 Å². The van der Waals surface area contributed by atoms with E-state index in [0.717, 1.165) is 25.7 Å². The molecule has 0 spiro atoms. The summed E-state index contributed by atoms with van der Waals surface area (Å²) in [5, 5.41) is 3.70. The largest absolute Gasteiger partial charge is 0.416 e. The molecule has 0 aliphatic heterocycles. The summed E-state index contributed by atoms with van der Waals surface area (Å²) in [4.78, 5) is 19.8. The van der Waals surface area contributed by atoms with Crippen molar-refractivity contribution in [2.24, 2.45) is 5.92 Å². The predicted octanol–water partition coefficient (Wildman–Crippen LogP) is 7.06. The molecule has 2 rings (SSSR count). The minimum absolute atomic E-state index is 0.141. The van der Waals surface area contributed by atoms with Gasteiger partial charge in [-0.1, -0.05) is 62.3 Å². The van der Waals surface area contributed by atoms with Crippen LogP contribution >= 0.6 is 0 Å². The third-order valence-corrected chi connectivity index (χ3v) is 19.0. The number of anilines is 1. The molecule has 1 fully saturated rings. The topological polar surface area (TPSA) is 73.3 Å². The van der Waals surface area contributed by atoms with Crippen LogP contribution in [0.4, 0.5) is 5.82 Å². The van der Waals surface area contributed by atoms with E-state index < -0.39 is 16.6 Å². The zero-order valence-corrected chi connectivity index (χ0v) is 25.4. The molecule has 3 atom stereocenters. The number of carbonyl (C=O) groups is 1. The van der Waals surface area contributed by atoms with Gasteiger partial charge in [0.1, 0.15) is 12.1 Å². The van der Waals surface area contributed by atoms with Gasteiger partial charge >= 0.3 is 0 Å². The van der Waals surface area contributed by atoms with Crippen LogP contribution in [0.1, 0.15) is 85.5 Å². The molecule has 1 aromatic rings. The highest BCUT2D eigenvalue weighted by atomic mass is 28.4. The SMILES string of the molecule is CC(C)[Si](O[C@@H]1C[C@H](Nc2ncncc2C=O)C[C@@H]1CO[Si](C)(C)C(C)(C)C)(C(C)C)C(C)C. The minimum Gasteiger partial charge on any atom is -0.416 e. The van der Waals surface area contributed by atoms with Crippen LogP contribution < -0.4 is 5.32 Å². The van der Waals surface area contributed by atoms with E-state index in [-0.39, 0.29) is 17.2 Å². The van der Waals surface area contributed by atoms with Crippen molar-refractivity contribution in [3.05, 3.63) is 18.1 Å². The summed E-state index contributed by atoms with van der Waals surface area (Å²) in [6.45, 7) is 26.3. The molecule has 194 valence electrons. The maximum atomic E-state index is 11.5. The third-order valence-electron chi connectivity index (χ3n) is 8.37. The summed E-state index contributed by atoms with van der Waals surface area (Å²) in [7, 11) is -3.91. The Hall–Kier alpha value is -1.10. The Morgan fingerprint density at radius 1 is 1.09 bits per heavy atom. The van der Waals surface area contributed by atoms with Crippen LogP contribution in [-0.2, 0) is 8.85 Å². The van der Waals surface area contributed by atoms with E-state index in [1.807, 2.05) is 0 Å². The summed E-state index contributed by atoms with van der Waals surface area (Å²) in [5.41, 5.74) is 2.09. The summed E-state index contributed by atoms with van der Waals surface area (Å²) in [5.74, 6) is 0.927. The molecule has 34 heavy (non-hydrogen) atoms. The predicted molar refractivity (Wildman–Crippen MR) is 147 cm³/mol. The fraction of sp³-hybridized carbons (Fsp3) is 0.808. The fourth-order valence-corrected chi connectivity index (χ4v) is 12.2. The Labute approximate surface area is 210 Å². The number of aldehydes is 1. The van der Waals surface area contributed by atoms with Crippen LogP contribution in [0.5, 0.6) is 0 Å². The maximum absolute atomic E-state index is 11.5. The highest BCUT2D eigenvalue weighted by Gasteiger charge is 2.50. The number of carbonyl (C=O) groups excluding carboxylic acids is 1. The van der Waals surface area contributed by atoms with Crippen LogP contribution in [-0.4, -0.2) is 51.6 Å². The quantitative estimate of drug-likeness (QED) is 0.255. The molecule has 1 saturated carbocycles. The third kappa shape index (κ3) is 6.36. The summed E-state index contributed by atoms with van der Waals surface area (Å²) in [6, 6.07) is 0.185. The van der Waals surface area contributed by atoms with Crippen molar-refractivity contribution in [3.63, 3.8) is 0 Å². The van der Waals surface area contributed by atoms with Gasteiger partial charge in [0.15, 0.2) is 14.6 Å². The molecule has 1 N–H and O–H groups in total. The van der Waals surface area contributed by atoms with Crippen molar-refractivity contribution >= 4 is 28.7 Å². The Morgan fingerprint density at radius 2 is 1.68 bits per heavy atom. The zero-order chi connectivity index (χ0) is 25.9. The first-order chi connectivity index (χ1) is 15.7. The number of hydrogen-bond donors (Lipinski definition) is 1. The van der Waals surface area contributed by atoms with E-state index in [9.17, 15) is 4.79 Å². The molecule has 0 amide bonds. The molecule has 0 saturated heterocycles. The van der Waals surface area contributed by atoms with Gasteiger partial charge < -0.3 is 14.2 Å². The summed E-state index contributed by atoms with van der Waals surface area (Å²) in [6.07, 6.45) is 5.86. The fourth-order valence-electron chi connectivity index (χ4n) is 5.47. The molecule has 1 heterocycles.